The molecule has 0 aliphatic carbocycles. The van der Waals surface area contributed by atoms with Gasteiger partial charge in [-0.25, -0.2) is 0 Å². The SMILES string of the molecule is CCCCOC1OC(C)CCC1O. The molecule has 3 unspecified atom stereocenters. The lowest BCUT2D eigenvalue weighted by atomic mass is 10.1. The molecule has 0 bridgehead atoms. The molecule has 1 heterocycles. The molecule has 0 saturated carbocycles. The van der Waals surface area contributed by atoms with Crippen LogP contribution in [0.2, 0.25) is 0 Å². The second-order valence-corrected chi connectivity index (χ2v) is 3.68. The van der Waals surface area contributed by atoms with Crippen LogP contribution in [0.4, 0.5) is 0 Å². The third-order valence-corrected chi connectivity index (χ3v) is 2.33. The van der Waals surface area contributed by atoms with Crippen molar-refractivity contribution >= 4 is 0 Å². The van der Waals surface area contributed by atoms with E-state index in [4.69, 9.17) is 9.47 Å². The van der Waals surface area contributed by atoms with E-state index in [2.05, 4.69) is 6.92 Å². The first-order valence-corrected chi connectivity index (χ1v) is 5.19. The van der Waals surface area contributed by atoms with Gasteiger partial charge in [0.05, 0.1) is 6.10 Å². The summed E-state index contributed by atoms with van der Waals surface area (Å²) in [6.45, 7) is 4.82. The van der Waals surface area contributed by atoms with Gasteiger partial charge >= 0.3 is 0 Å². The van der Waals surface area contributed by atoms with Crippen molar-refractivity contribution < 1.29 is 14.6 Å². The van der Waals surface area contributed by atoms with Crippen molar-refractivity contribution in [2.45, 2.75) is 58.0 Å². The van der Waals surface area contributed by atoms with Gasteiger partial charge in [0.15, 0.2) is 6.29 Å². The Morgan fingerprint density at radius 2 is 2.23 bits per heavy atom. The molecule has 0 radical (unpaired) electrons. The van der Waals surface area contributed by atoms with Gasteiger partial charge in [0, 0.05) is 6.61 Å². The van der Waals surface area contributed by atoms with Gasteiger partial charge in [-0.2, -0.15) is 0 Å². The fourth-order valence-corrected chi connectivity index (χ4v) is 1.42. The highest BCUT2D eigenvalue weighted by Crippen LogP contribution is 2.20. The van der Waals surface area contributed by atoms with E-state index < -0.39 is 12.4 Å². The van der Waals surface area contributed by atoms with Gasteiger partial charge in [0.1, 0.15) is 6.10 Å². The Bertz CT molecular complexity index is 138. The van der Waals surface area contributed by atoms with E-state index in [-0.39, 0.29) is 6.10 Å². The Morgan fingerprint density at radius 1 is 1.46 bits per heavy atom. The molecule has 0 spiro atoms. The van der Waals surface area contributed by atoms with E-state index in [0.29, 0.717) is 6.61 Å². The summed E-state index contributed by atoms with van der Waals surface area (Å²) in [5.74, 6) is 0. The molecule has 1 saturated heterocycles. The third kappa shape index (κ3) is 3.63. The van der Waals surface area contributed by atoms with E-state index in [1.165, 1.54) is 0 Å². The summed E-state index contributed by atoms with van der Waals surface area (Å²) in [6, 6.07) is 0. The van der Waals surface area contributed by atoms with Crippen molar-refractivity contribution in [3.05, 3.63) is 0 Å². The zero-order valence-corrected chi connectivity index (χ0v) is 8.53. The van der Waals surface area contributed by atoms with Crippen LogP contribution in [0.1, 0.15) is 39.5 Å². The number of hydrogen-bond donors (Lipinski definition) is 1. The maximum absolute atomic E-state index is 9.54. The fraction of sp³-hybridized carbons (Fsp3) is 1.00. The Morgan fingerprint density at radius 3 is 2.92 bits per heavy atom. The van der Waals surface area contributed by atoms with Gasteiger partial charge in [-0.3, -0.25) is 0 Å². The van der Waals surface area contributed by atoms with Crippen molar-refractivity contribution in [2.75, 3.05) is 6.61 Å². The van der Waals surface area contributed by atoms with Crippen molar-refractivity contribution in [1.29, 1.82) is 0 Å². The Hall–Kier alpha value is -0.120. The molecule has 3 atom stereocenters. The van der Waals surface area contributed by atoms with E-state index >= 15 is 0 Å². The minimum Gasteiger partial charge on any atom is -0.388 e. The number of unbranched alkanes of at least 4 members (excludes halogenated alkanes) is 1. The summed E-state index contributed by atoms with van der Waals surface area (Å²) in [7, 11) is 0. The van der Waals surface area contributed by atoms with Gasteiger partial charge in [-0.05, 0) is 26.2 Å². The van der Waals surface area contributed by atoms with Crippen LogP contribution in [0.5, 0.6) is 0 Å². The average Bonchev–Trinajstić information content (AvgIpc) is 2.11. The minimum absolute atomic E-state index is 0.218. The average molecular weight is 188 g/mol. The molecule has 3 nitrogen and oxygen atoms in total. The largest absolute Gasteiger partial charge is 0.388 e. The number of rotatable bonds is 4. The molecule has 3 heteroatoms. The first-order chi connectivity index (χ1) is 6.24. The molecule has 1 rings (SSSR count). The molecular weight excluding hydrogens is 168 g/mol. The number of hydrogen-bond acceptors (Lipinski definition) is 3. The maximum Gasteiger partial charge on any atom is 0.183 e. The highest BCUT2D eigenvalue weighted by atomic mass is 16.7. The zero-order valence-electron chi connectivity index (χ0n) is 8.53. The lowest BCUT2D eigenvalue weighted by Crippen LogP contribution is -2.39. The van der Waals surface area contributed by atoms with Crippen LogP contribution in [0.15, 0.2) is 0 Å². The zero-order chi connectivity index (χ0) is 9.68. The topological polar surface area (TPSA) is 38.7 Å². The van der Waals surface area contributed by atoms with Crippen LogP contribution < -0.4 is 0 Å². The first-order valence-electron chi connectivity index (χ1n) is 5.19. The van der Waals surface area contributed by atoms with Crippen molar-refractivity contribution in [3.63, 3.8) is 0 Å². The van der Waals surface area contributed by atoms with E-state index in [1.54, 1.807) is 0 Å². The Balaban J connectivity index is 2.21. The second-order valence-electron chi connectivity index (χ2n) is 3.68. The molecule has 0 aromatic rings. The third-order valence-electron chi connectivity index (χ3n) is 2.33. The normalized spacial score (nSPS) is 34.8. The quantitative estimate of drug-likeness (QED) is 0.682. The van der Waals surface area contributed by atoms with E-state index in [1.807, 2.05) is 6.92 Å². The van der Waals surface area contributed by atoms with Crippen LogP contribution >= 0.6 is 0 Å². The predicted molar refractivity (Wildman–Crippen MR) is 50.4 cm³/mol. The smallest absolute Gasteiger partial charge is 0.183 e. The molecule has 78 valence electrons. The number of aliphatic hydroxyl groups is 1. The van der Waals surface area contributed by atoms with Crippen LogP contribution in [0.25, 0.3) is 0 Å². The van der Waals surface area contributed by atoms with Gasteiger partial charge in [-0.1, -0.05) is 13.3 Å². The Labute approximate surface area is 80.0 Å². The van der Waals surface area contributed by atoms with Gasteiger partial charge in [0.2, 0.25) is 0 Å². The van der Waals surface area contributed by atoms with Crippen molar-refractivity contribution in [1.82, 2.24) is 0 Å². The predicted octanol–water partition coefficient (Wildman–Crippen LogP) is 1.69. The summed E-state index contributed by atoms with van der Waals surface area (Å²) in [5, 5.41) is 9.54. The minimum atomic E-state index is -0.437. The standard InChI is InChI=1S/C10H20O3/c1-3-4-7-12-10-9(11)6-5-8(2)13-10/h8-11H,3-7H2,1-2H3. The Kier molecular flexibility index (Phi) is 4.70. The van der Waals surface area contributed by atoms with Gasteiger partial charge < -0.3 is 14.6 Å². The highest BCUT2D eigenvalue weighted by Gasteiger charge is 2.27. The summed E-state index contributed by atoms with van der Waals surface area (Å²) in [5.41, 5.74) is 0. The summed E-state index contributed by atoms with van der Waals surface area (Å²) in [4.78, 5) is 0. The van der Waals surface area contributed by atoms with Crippen LogP contribution in [0.3, 0.4) is 0 Å². The molecule has 1 aliphatic heterocycles. The van der Waals surface area contributed by atoms with Crippen LogP contribution in [-0.2, 0) is 9.47 Å². The summed E-state index contributed by atoms with van der Waals surface area (Å²) < 4.78 is 10.9. The molecule has 0 aromatic heterocycles. The molecule has 0 aromatic carbocycles. The van der Waals surface area contributed by atoms with Gasteiger partial charge in [-0.15, -0.1) is 0 Å². The molecule has 1 fully saturated rings. The van der Waals surface area contributed by atoms with Gasteiger partial charge in [0.25, 0.3) is 0 Å². The van der Waals surface area contributed by atoms with E-state index in [9.17, 15) is 5.11 Å². The second kappa shape index (κ2) is 5.58. The monoisotopic (exact) mass is 188 g/mol. The highest BCUT2D eigenvalue weighted by molar-refractivity contribution is 4.70. The first kappa shape index (κ1) is 11.0. The van der Waals surface area contributed by atoms with Crippen molar-refractivity contribution in [2.24, 2.45) is 0 Å². The maximum atomic E-state index is 9.54. The van der Waals surface area contributed by atoms with Crippen LogP contribution in [-0.4, -0.2) is 30.2 Å². The van der Waals surface area contributed by atoms with E-state index in [0.717, 1.165) is 25.7 Å². The fourth-order valence-electron chi connectivity index (χ4n) is 1.42. The molecule has 1 aliphatic rings. The summed E-state index contributed by atoms with van der Waals surface area (Å²) in [6.07, 6.45) is 3.24. The lowest BCUT2D eigenvalue weighted by molar-refractivity contribution is -0.236. The molecule has 0 amide bonds. The number of aliphatic hydroxyl groups excluding tert-OH is 1. The molecule has 1 N–H and O–H groups in total. The summed E-state index contributed by atoms with van der Waals surface area (Å²) >= 11 is 0. The molecular formula is C10H20O3. The van der Waals surface area contributed by atoms with Crippen molar-refractivity contribution in [3.8, 4) is 0 Å². The lowest BCUT2D eigenvalue weighted by Gasteiger charge is -2.31. The molecule has 13 heavy (non-hydrogen) atoms. The van der Waals surface area contributed by atoms with Crippen LogP contribution in [0, 0.1) is 0 Å². The number of ether oxygens (including phenoxy) is 2.